The van der Waals surface area contributed by atoms with Crippen molar-refractivity contribution in [3.05, 3.63) is 23.6 Å². The van der Waals surface area contributed by atoms with Gasteiger partial charge >= 0.3 is 0 Å². The Morgan fingerprint density at radius 3 is 2.89 bits per heavy atom. The van der Waals surface area contributed by atoms with Crippen LogP contribution >= 0.6 is 11.6 Å². The number of nitrogens with zero attached hydrogens (tertiary/aromatic N) is 4. The van der Waals surface area contributed by atoms with E-state index < -0.39 is 0 Å². The fraction of sp³-hybridized carbons (Fsp3) is 0.500. The van der Waals surface area contributed by atoms with Gasteiger partial charge in [-0.3, -0.25) is 4.68 Å². The first-order chi connectivity index (χ1) is 8.75. The van der Waals surface area contributed by atoms with Crippen molar-refractivity contribution >= 4 is 11.6 Å². The molecule has 0 radical (unpaired) electrons. The summed E-state index contributed by atoms with van der Waals surface area (Å²) in [6, 6.07) is 0. The van der Waals surface area contributed by atoms with E-state index in [1.165, 1.54) is 6.42 Å². The van der Waals surface area contributed by atoms with E-state index in [1.807, 2.05) is 17.9 Å². The van der Waals surface area contributed by atoms with E-state index in [2.05, 4.69) is 10.2 Å². The molecule has 1 fully saturated rings. The Morgan fingerprint density at radius 2 is 2.22 bits per heavy atom. The molecule has 18 heavy (non-hydrogen) atoms. The highest BCUT2D eigenvalue weighted by Crippen LogP contribution is 2.29. The van der Waals surface area contributed by atoms with E-state index in [1.54, 1.807) is 17.1 Å². The number of halogens is 1. The smallest absolute Gasteiger partial charge is 0.150 e. The summed E-state index contributed by atoms with van der Waals surface area (Å²) in [7, 11) is 1.87. The predicted octanol–water partition coefficient (Wildman–Crippen LogP) is 2.64. The third kappa shape index (κ3) is 2.04. The van der Waals surface area contributed by atoms with Gasteiger partial charge in [-0.1, -0.05) is 11.6 Å². The minimum atomic E-state index is 0.0551. The molecule has 1 saturated heterocycles. The van der Waals surface area contributed by atoms with Crippen molar-refractivity contribution < 1.29 is 4.74 Å². The second-order valence-corrected chi connectivity index (χ2v) is 4.90. The molecule has 2 aromatic heterocycles. The van der Waals surface area contributed by atoms with E-state index in [0.29, 0.717) is 5.02 Å². The van der Waals surface area contributed by atoms with E-state index in [4.69, 9.17) is 16.3 Å². The normalized spacial score (nSPS) is 20.2. The fourth-order valence-corrected chi connectivity index (χ4v) is 2.56. The minimum Gasteiger partial charge on any atom is -0.357 e. The lowest BCUT2D eigenvalue weighted by Gasteiger charge is -2.22. The Balaban J connectivity index is 1.89. The fourth-order valence-electron chi connectivity index (χ4n) is 2.29. The van der Waals surface area contributed by atoms with Crippen LogP contribution in [-0.4, -0.2) is 26.2 Å². The SMILES string of the molecule is Cn1ncc(Cl)c1-c1cnn(C2CCCCO2)c1. The van der Waals surface area contributed by atoms with Crippen LogP contribution in [0.25, 0.3) is 11.3 Å². The molecular formula is C12H15ClN4O. The second kappa shape index (κ2) is 4.74. The maximum absolute atomic E-state index is 6.12. The lowest BCUT2D eigenvalue weighted by Crippen LogP contribution is -2.18. The van der Waals surface area contributed by atoms with Gasteiger partial charge in [-0.25, -0.2) is 4.68 Å². The van der Waals surface area contributed by atoms with Gasteiger partial charge in [0.25, 0.3) is 0 Å². The van der Waals surface area contributed by atoms with Crippen molar-refractivity contribution in [2.75, 3.05) is 6.61 Å². The van der Waals surface area contributed by atoms with Crippen LogP contribution in [0, 0.1) is 0 Å². The van der Waals surface area contributed by atoms with Gasteiger partial charge < -0.3 is 4.74 Å². The Bertz CT molecular complexity index is 523. The van der Waals surface area contributed by atoms with Crippen molar-refractivity contribution in [3.63, 3.8) is 0 Å². The lowest BCUT2D eigenvalue weighted by molar-refractivity contribution is -0.0394. The lowest BCUT2D eigenvalue weighted by atomic mass is 10.2. The van der Waals surface area contributed by atoms with Crippen LogP contribution in [0.1, 0.15) is 25.5 Å². The number of hydrogen-bond donors (Lipinski definition) is 0. The van der Waals surface area contributed by atoms with E-state index >= 15 is 0 Å². The number of aromatic nitrogens is 4. The summed E-state index contributed by atoms with van der Waals surface area (Å²) in [5.74, 6) is 0. The number of aryl methyl sites for hydroxylation is 1. The molecule has 0 saturated carbocycles. The number of ether oxygens (including phenoxy) is 1. The molecule has 1 aliphatic rings. The Labute approximate surface area is 110 Å². The Hall–Kier alpha value is -1.33. The van der Waals surface area contributed by atoms with Crippen LogP contribution in [0.15, 0.2) is 18.6 Å². The molecule has 0 aliphatic carbocycles. The summed E-state index contributed by atoms with van der Waals surface area (Å²) in [6.45, 7) is 0.812. The molecule has 1 unspecified atom stereocenters. The van der Waals surface area contributed by atoms with Crippen molar-refractivity contribution in [3.8, 4) is 11.3 Å². The van der Waals surface area contributed by atoms with Crippen molar-refractivity contribution in [1.29, 1.82) is 0 Å². The molecule has 0 spiro atoms. The summed E-state index contributed by atoms with van der Waals surface area (Å²) >= 11 is 6.12. The standard InChI is InChI=1S/C12H15ClN4O/c1-16-12(10(13)7-14-16)9-6-15-17(8-9)11-4-2-3-5-18-11/h6-8,11H,2-5H2,1H3. The highest BCUT2D eigenvalue weighted by atomic mass is 35.5. The molecule has 3 heterocycles. The van der Waals surface area contributed by atoms with E-state index in [-0.39, 0.29) is 6.23 Å². The highest BCUT2D eigenvalue weighted by Gasteiger charge is 2.18. The average molecular weight is 267 g/mol. The molecule has 6 heteroatoms. The molecule has 3 rings (SSSR count). The molecular weight excluding hydrogens is 252 g/mol. The van der Waals surface area contributed by atoms with Crippen molar-refractivity contribution in [2.45, 2.75) is 25.5 Å². The maximum Gasteiger partial charge on any atom is 0.150 e. The summed E-state index contributed by atoms with van der Waals surface area (Å²) in [5, 5.41) is 9.14. The zero-order chi connectivity index (χ0) is 12.5. The topological polar surface area (TPSA) is 44.9 Å². The molecule has 96 valence electrons. The Kier molecular flexibility index (Phi) is 3.09. The van der Waals surface area contributed by atoms with E-state index in [0.717, 1.165) is 30.7 Å². The summed E-state index contributed by atoms with van der Waals surface area (Å²) < 4.78 is 9.33. The molecule has 0 aromatic carbocycles. The second-order valence-electron chi connectivity index (χ2n) is 4.49. The third-order valence-electron chi connectivity index (χ3n) is 3.22. The first-order valence-corrected chi connectivity index (χ1v) is 6.47. The zero-order valence-corrected chi connectivity index (χ0v) is 11.0. The quantitative estimate of drug-likeness (QED) is 0.839. The van der Waals surface area contributed by atoms with Crippen molar-refractivity contribution in [2.24, 2.45) is 7.05 Å². The van der Waals surface area contributed by atoms with Crippen LogP contribution in [0.3, 0.4) is 0 Å². The third-order valence-corrected chi connectivity index (χ3v) is 3.50. The summed E-state index contributed by atoms with van der Waals surface area (Å²) in [6.07, 6.45) is 8.81. The molecule has 1 aliphatic heterocycles. The number of rotatable bonds is 2. The predicted molar refractivity (Wildman–Crippen MR) is 68.3 cm³/mol. The minimum absolute atomic E-state index is 0.0551. The van der Waals surface area contributed by atoms with Crippen molar-refractivity contribution in [1.82, 2.24) is 19.6 Å². The molecule has 1 atom stereocenters. The van der Waals surface area contributed by atoms with E-state index in [9.17, 15) is 0 Å². The molecule has 5 nitrogen and oxygen atoms in total. The highest BCUT2D eigenvalue weighted by molar-refractivity contribution is 6.33. The van der Waals surface area contributed by atoms with Crippen LogP contribution in [0.4, 0.5) is 0 Å². The average Bonchev–Trinajstić information content (AvgIpc) is 2.98. The first kappa shape index (κ1) is 11.7. The first-order valence-electron chi connectivity index (χ1n) is 6.09. The van der Waals surface area contributed by atoms with Crippen LogP contribution in [0.5, 0.6) is 0 Å². The van der Waals surface area contributed by atoms with Crippen LogP contribution < -0.4 is 0 Å². The molecule has 0 bridgehead atoms. The number of hydrogen-bond acceptors (Lipinski definition) is 3. The maximum atomic E-state index is 6.12. The summed E-state index contributed by atoms with van der Waals surface area (Å²) in [4.78, 5) is 0. The van der Waals surface area contributed by atoms with Gasteiger partial charge in [0, 0.05) is 25.4 Å². The monoisotopic (exact) mass is 266 g/mol. The van der Waals surface area contributed by atoms with Gasteiger partial charge in [0.1, 0.15) is 6.23 Å². The van der Waals surface area contributed by atoms with Gasteiger partial charge in [-0.05, 0) is 19.3 Å². The molecule has 0 N–H and O–H groups in total. The van der Waals surface area contributed by atoms with Crippen LogP contribution in [0.2, 0.25) is 5.02 Å². The van der Waals surface area contributed by atoms with Gasteiger partial charge in [-0.2, -0.15) is 10.2 Å². The molecule has 2 aromatic rings. The largest absolute Gasteiger partial charge is 0.357 e. The van der Waals surface area contributed by atoms with Gasteiger partial charge in [-0.15, -0.1) is 0 Å². The van der Waals surface area contributed by atoms with Crippen LogP contribution in [-0.2, 0) is 11.8 Å². The summed E-state index contributed by atoms with van der Waals surface area (Å²) in [5.41, 5.74) is 1.85. The molecule has 0 amide bonds. The van der Waals surface area contributed by atoms with Gasteiger partial charge in [0.05, 0.1) is 23.1 Å². The zero-order valence-electron chi connectivity index (χ0n) is 10.2. The Morgan fingerprint density at radius 1 is 1.33 bits per heavy atom. The van der Waals surface area contributed by atoms with Gasteiger partial charge in [0.15, 0.2) is 0 Å². The van der Waals surface area contributed by atoms with Gasteiger partial charge in [0.2, 0.25) is 0 Å².